The van der Waals surface area contributed by atoms with Crippen molar-refractivity contribution in [2.75, 3.05) is 32.8 Å². The van der Waals surface area contributed by atoms with Crippen LogP contribution in [0.4, 0.5) is 0 Å². The quantitative estimate of drug-likeness (QED) is 0.433. The number of aliphatic hydroxyl groups excluding tert-OH is 1. The summed E-state index contributed by atoms with van der Waals surface area (Å²) in [6, 6.07) is 10.5. The molecule has 3 unspecified atom stereocenters. The lowest BCUT2D eigenvalue weighted by molar-refractivity contribution is 0.0915. The highest BCUT2D eigenvalue weighted by molar-refractivity contribution is 5.79. The lowest BCUT2D eigenvalue weighted by Crippen LogP contribution is -2.40. The molecule has 5 heteroatoms. The van der Waals surface area contributed by atoms with Crippen molar-refractivity contribution in [3.05, 3.63) is 35.9 Å². The molecular formula is C22H37N3O2. The summed E-state index contributed by atoms with van der Waals surface area (Å²) in [7, 11) is 0. The van der Waals surface area contributed by atoms with Gasteiger partial charge in [0.15, 0.2) is 5.96 Å². The number of hydrogen-bond acceptors (Lipinski definition) is 3. The zero-order valence-electron chi connectivity index (χ0n) is 17.2. The molecule has 5 nitrogen and oxygen atoms in total. The molecule has 1 aromatic rings. The first-order valence-electron chi connectivity index (χ1n) is 10.4. The number of aliphatic hydroxyl groups is 1. The molecule has 1 aliphatic rings. The van der Waals surface area contributed by atoms with Gasteiger partial charge < -0.3 is 20.5 Å². The van der Waals surface area contributed by atoms with E-state index in [0.717, 1.165) is 51.5 Å². The molecule has 3 N–H and O–H groups in total. The van der Waals surface area contributed by atoms with Gasteiger partial charge >= 0.3 is 0 Å². The van der Waals surface area contributed by atoms with E-state index in [1.807, 2.05) is 6.07 Å². The van der Waals surface area contributed by atoms with Crippen LogP contribution < -0.4 is 10.6 Å². The Hall–Kier alpha value is -1.59. The van der Waals surface area contributed by atoms with Crippen LogP contribution in [0.3, 0.4) is 0 Å². The monoisotopic (exact) mass is 375 g/mol. The standard InChI is InChI=1S/C22H37N3O2/c1-4-23-22(24-15-18(10-12-26)14-17(2)3)25-16-20-11-13-27-21(20)19-8-6-5-7-9-19/h5-9,17-18,20-21,26H,4,10-16H2,1-3H3,(H2,23,24,25). The van der Waals surface area contributed by atoms with E-state index in [1.54, 1.807) is 0 Å². The third kappa shape index (κ3) is 7.51. The minimum atomic E-state index is 0.157. The number of nitrogens with one attached hydrogen (secondary N) is 2. The van der Waals surface area contributed by atoms with Crippen molar-refractivity contribution in [3.63, 3.8) is 0 Å². The molecule has 0 aliphatic carbocycles. The lowest BCUT2D eigenvalue weighted by Gasteiger charge is -2.21. The van der Waals surface area contributed by atoms with Crippen LogP contribution in [-0.2, 0) is 4.74 Å². The van der Waals surface area contributed by atoms with E-state index in [2.05, 4.69) is 55.7 Å². The second-order valence-electron chi connectivity index (χ2n) is 7.86. The fraction of sp³-hybridized carbons (Fsp3) is 0.682. The maximum Gasteiger partial charge on any atom is 0.191 e. The zero-order valence-corrected chi connectivity index (χ0v) is 17.2. The lowest BCUT2D eigenvalue weighted by atomic mass is 9.94. The van der Waals surface area contributed by atoms with Crippen molar-refractivity contribution in [2.24, 2.45) is 22.7 Å². The van der Waals surface area contributed by atoms with Crippen LogP contribution in [0.1, 0.15) is 51.7 Å². The average Bonchev–Trinajstić information content (AvgIpc) is 3.13. The molecular weight excluding hydrogens is 338 g/mol. The highest BCUT2D eigenvalue weighted by Gasteiger charge is 2.29. The second-order valence-corrected chi connectivity index (χ2v) is 7.86. The number of ether oxygens (including phenoxy) is 1. The first-order chi connectivity index (χ1) is 13.1. The van der Waals surface area contributed by atoms with Gasteiger partial charge in [0.25, 0.3) is 0 Å². The van der Waals surface area contributed by atoms with Crippen LogP contribution in [0.2, 0.25) is 0 Å². The Morgan fingerprint density at radius 3 is 2.70 bits per heavy atom. The van der Waals surface area contributed by atoms with Gasteiger partial charge in [-0.25, -0.2) is 0 Å². The Kier molecular flexibility index (Phi) is 9.64. The molecule has 1 aromatic carbocycles. The topological polar surface area (TPSA) is 65.9 Å². The molecule has 2 rings (SSSR count). The summed E-state index contributed by atoms with van der Waals surface area (Å²) in [6.07, 6.45) is 3.13. The van der Waals surface area contributed by atoms with Gasteiger partial charge in [0.1, 0.15) is 0 Å². The predicted octanol–water partition coefficient (Wildman–Crippen LogP) is 3.36. The Morgan fingerprint density at radius 1 is 1.26 bits per heavy atom. The van der Waals surface area contributed by atoms with Crippen molar-refractivity contribution in [2.45, 2.75) is 46.1 Å². The fourth-order valence-corrected chi connectivity index (χ4v) is 3.78. The van der Waals surface area contributed by atoms with Gasteiger partial charge in [-0.1, -0.05) is 44.2 Å². The predicted molar refractivity (Wildman–Crippen MR) is 112 cm³/mol. The molecule has 0 radical (unpaired) electrons. The van der Waals surface area contributed by atoms with Crippen molar-refractivity contribution in [3.8, 4) is 0 Å². The molecule has 0 spiro atoms. The van der Waals surface area contributed by atoms with Crippen molar-refractivity contribution < 1.29 is 9.84 Å². The van der Waals surface area contributed by atoms with E-state index in [-0.39, 0.29) is 12.7 Å². The van der Waals surface area contributed by atoms with E-state index in [0.29, 0.717) is 17.8 Å². The molecule has 1 fully saturated rings. The van der Waals surface area contributed by atoms with Crippen LogP contribution >= 0.6 is 0 Å². The molecule has 0 bridgehead atoms. The first-order valence-corrected chi connectivity index (χ1v) is 10.4. The normalized spacial score (nSPS) is 21.4. The van der Waals surface area contributed by atoms with Gasteiger partial charge in [0.2, 0.25) is 0 Å². The van der Waals surface area contributed by atoms with E-state index in [9.17, 15) is 5.11 Å². The Bertz CT molecular complexity index is 548. The molecule has 1 saturated heterocycles. The minimum absolute atomic E-state index is 0.157. The number of nitrogens with zero attached hydrogens (tertiary/aromatic N) is 1. The summed E-state index contributed by atoms with van der Waals surface area (Å²) in [5.41, 5.74) is 1.25. The smallest absolute Gasteiger partial charge is 0.191 e. The maximum absolute atomic E-state index is 9.31. The van der Waals surface area contributed by atoms with Gasteiger partial charge in [0.05, 0.1) is 6.10 Å². The summed E-state index contributed by atoms with van der Waals surface area (Å²) in [4.78, 5) is 4.79. The summed E-state index contributed by atoms with van der Waals surface area (Å²) in [5, 5.41) is 16.2. The number of hydrogen-bond donors (Lipinski definition) is 3. The van der Waals surface area contributed by atoms with Crippen molar-refractivity contribution in [1.82, 2.24) is 10.6 Å². The van der Waals surface area contributed by atoms with Gasteiger partial charge in [-0.2, -0.15) is 0 Å². The maximum atomic E-state index is 9.31. The molecule has 1 aliphatic heterocycles. The van der Waals surface area contributed by atoms with Crippen molar-refractivity contribution in [1.29, 1.82) is 0 Å². The largest absolute Gasteiger partial charge is 0.396 e. The fourth-order valence-electron chi connectivity index (χ4n) is 3.78. The Balaban J connectivity index is 1.92. The van der Waals surface area contributed by atoms with Crippen LogP contribution in [0.5, 0.6) is 0 Å². The average molecular weight is 376 g/mol. The highest BCUT2D eigenvalue weighted by Crippen LogP contribution is 2.33. The van der Waals surface area contributed by atoms with Crippen LogP contribution in [0.15, 0.2) is 35.3 Å². The van der Waals surface area contributed by atoms with E-state index < -0.39 is 0 Å². The molecule has 152 valence electrons. The highest BCUT2D eigenvalue weighted by atomic mass is 16.5. The number of rotatable bonds is 10. The summed E-state index contributed by atoms with van der Waals surface area (Å²) in [5.74, 6) is 2.36. The number of aliphatic imine (C=N–C) groups is 1. The molecule has 0 saturated carbocycles. The summed E-state index contributed by atoms with van der Waals surface area (Å²) < 4.78 is 5.99. The minimum Gasteiger partial charge on any atom is -0.396 e. The summed E-state index contributed by atoms with van der Waals surface area (Å²) >= 11 is 0. The van der Waals surface area contributed by atoms with Crippen LogP contribution in [0, 0.1) is 17.8 Å². The Labute approximate surface area is 164 Å². The van der Waals surface area contributed by atoms with Gasteiger partial charge in [-0.05, 0) is 43.6 Å². The van der Waals surface area contributed by atoms with E-state index in [4.69, 9.17) is 9.73 Å². The third-order valence-corrected chi connectivity index (χ3v) is 5.07. The van der Waals surface area contributed by atoms with Crippen molar-refractivity contribution >= 4 is 5.96 Å². The Morgan fingerprint density at radius 2 is 2.04 bits per heavy atom. The zero-order chi connectivity index (χ0) is 19.5. The third-order valence-electron chi connectivity index (χ3n) is 5.07. The van der Waals surface area contributed by atoms with Crippen LogP contribution in [0.25, 0.3) is 0 Å². The van der Waals surface area contributed by atoms with E-state index in [1.165, 1.54) is 5.56 Å². The van der Waals surface area contributed by atoms with E-state index >= 15 is 0 Å². The summed E-state index contributed by atoms with van der Waals surface area (Å²) in [6.45, 7) is 10.0. The molecule has 0 aromatic heterocycles. The first kappa shape index (κ1) is 21.7. The number of guanidine groups is 1. The van der Waals surface area contributed by atoms with Gasteiger partial charge in [-0.3, -0.25) is 4.99 Å². The molecule has 1 heterocycles. The van der Waals surface area contributed by atoms with Crippen LogP contribution in [-0.4, -0.2) is 43.9 Å². The van der Waals surface area contributed by atoms with Gasteiger partial charge in [-0.15, -0.1) is 0 Å². The number of benzene rings is 1. The SMILES string of the molecule is CCNC(=NCC(CCO)CC(C)C)NCC1CCOC1c1ccccc1. The molecule has 3 atom stereocenters. The molecule has 0 amide bonds. The molecule has 27 heavy (non-hydrogen) atoms. The van der Waals surface area contributed by atoms with Gasteiger partial charge in [0, 0.05) is 38.8 Å². The second kappa shape index (κ2) is 12.0.